The quantitative estimate of drug-likeness (QED) is 0.345. The van der Waals surface area contributed by atoms with E-state index in [2.05, 4.69) is 4.99 Å². The van der Waals surface area contributed by atoms with Crippen LogP contribution in [0.2, 0.25) is 0 Å². The van der Waals surface area contributed by atoms with Gasteiger partial charge in [0.1, 0.15) is 18.6 Å². The summed E-state index contributed by atoms with van der Waals surface area (Å²) in [5, 5.41) is 11.4. The lowest BCUT2D eigenvalue weighted by molar-refractivity contribution is -0.384. The summed E-state index contributed by atoms with van der Waals surface area (Å²) in [5.41, 5.74) is 1.24. The number of esters is 2. The molecule has 0 radical (unpaired) electrons. The number of nitro groups is 1. The summed E-state index contributed by atoms with van der Waals surface area (Å²) in [7, 11) is 0. The van der Waals surface area contributed by atoms with Crippen LogP contribution in [0.5, 0.6) is 0 Å². The van der Waals surface area contributed by atoms with Gasteiger partial charge in [0.05, 0.1) is 23.7 Å². The average Bonchev–Trinajstić information content (AvgIpc) is 3.10. The normalized spacial score (nSPS) is 24.3. The highest BCUT2D eigenvalue weighted by atomic mass is 16.7. The molecule has 10 nitrogen and oxygen atoms in total. The van der Waals surface area contributed by atoms with E-state index >= 15 is 0 Å². The predicted octanol–water partition coefficient (Wildman–Crippen LogP) is 3.30. The first-order valence-electron chi connectivity index (χ1n) is 10.7. The van der Waals surface area contributed by atoms with Crippen molar-refractivity contribution in [3.05, 3.63) is 51.2 Å². The van der Waals surface area contributed by atoms with E-state index in [-0.39, 0.29) is 31.1 Å². The minimum absolute atomic E-state index is 0.0481. The Bertz CT molecular complexity index is 1010. The minimum Gasteiger partial charge on any atom is -0.465 e. The van der Waals surface area contributed by atoms with E-state index in [0.717, 1.165) is 0 Å². The van der Waals surface area contributed by atoms with Crippen LogP contribution in [0.3, 0.4) is 0 Å². The van der Waals surface area contributed by atoms with E-state index in [0.29, 0.717) is 17.0 Å². The number of aliphatic imine (C=N–C) groups is 1. The number of ether oxygens (including phenoxy) is 4. The molecule has 0 saturated carbocycles. The summed E-state index contributed by atoms with van der Waals surface area (Å²) in [5.74, 6) is -3.79. The molecule has 178 valence electrons. The molecule has 10 heteroatoms. The highest BCUT2D eigenvalue weighted by molar-refractivity contribution is 6.07. The smallest absolute Gasteiger partial charge is 0.336 e. The van der Waals surface area contributed by atoms with E-state index in [1.807, 2.05) is 0 Å². The lowest BCUT2D eigenvalue weighted by Gasteiger charge is -2.31. The van der Waals surface area contributed by atoms with E-state index in [4.69, 9.17) is 18.9 Å². The molecule has 33 heavy (non-hydrogen) atoms. The lowest BCUT2D eigenvalue weighted by Crippen LogP contribution is -2.37. The van der Waals surface area contributed by atoms with Gasteiger partial charge in [-0.15, -0.1) is 0 Å². The molecule has 0 amide bonds. The van der Waals surface area contributed by atoms with Crippen LogP contribution in [0.1, 0.15) is 46.1 Å². The monoisotopic (exact) mass is 460 g/mol. The van der Waals surface area contributed by atoms with Crippen LogP contribution in [0, 0.1) is 16.0 Å². The summed E-state index contributed by atoms with van der Waals surface area (Å²) in [6.45, 7) is 8.89. The molecule has 0 bridgehead atoms. The van der Waals surface area contributed by atoms with Crippen LogP contribution in [0.4, 0.5) is 5.69 Å². The van der Waals surface area contributed by atoms with Gasteiger partial charge in [-0.05, 0) is 40.2 Å². The molecule has 3 rings (SSSR count). The number of hydrogen-bond donors (Lipinski definition) is 0. The second-order valence-corrected chi connectivity index (χ2v) is 8.36. The molecule has 2 aliphatic rings. The first-order valence-corrected chi connectivity index (χ1v) is 10.7. The van der Waals surface area contributed by atoms with E-state index < -0.39 is 40.6 Å². The first kappa shape index (κ1) is 24.5. The van der Waals surface area contributed by atoms with Gasteiger partial charge in [0, 0.05) is 29.5 Å². The molecule has 0 aliphatic carbocycles. The first-order chi connectivity index (χ1) is 15.5. The lowest BCUT2D eigenvalue weighted by atomic mass is 9.75. The van der Waals surface area contributed by atoms with Crippen molar-refractivity contribution < 1.29 is 33.5 Å². The van der Waals surface area contributed by atoms with Crippen LogP contribution < -0.4 is 0 Å². The van der Waals surface area contributed by atoms with Crippen molar-refractivity contribution in [2.75, 3.05) is 19.8 Å². The number of benzene rings is 1. The van der Waals surface area contributed by atoms with Crippen molar-refractivity contribution in [3.63, 3.8) is 0 Å². The maximum absolute atomic E-state index is 13.2. The van der Waals surface area contributed by atoms with Gasteiger partial charge in [-0.3, -0.25) is 19.9 Å². The maximum atomic E-state index is 13.2. The third kappa shape index (κ3) is 5.45. The number of nitrogens with zero attached hydrogens (tertiary/aromatic N) is 2. The minimum atomic E-state index is -0.928. The van der Waals surface area contributed by atoms with Crippen molar-refractivity contribution in [2.24, 2.45) is 10.9 Å². The molecule has 0 aromatic heterocycles. The number of non-ortho nitro benzene ring substituents is 1. The Labute approximate surface area is 191 Å². The number of carbonyl (C=O) groups excluding carboxylic acids is 2. The fraction of sp³-hybridized carbons (Fsp3) is 0.522. The van der Waals surface area contributed by atoms with Gasteiger partial charge < -0.3 is 18.9 Å². The third-order valence-electron chi connectivity index (χ3n) is 5.50. The van der Waals surface area contributed by atoms with Crippen molar-refractivity contribution in [2.45, 2.75) is 52.4 Å². The van der Waals surface area contributed by atoms with E-state index in [1.54, 1.807) is 40.7 Å². The standard InChI is InChI=1S/C23H28N2O8/c1-6-30-21(26)18-13(2)24-14(3)19(20(18)15-8-7-9-16(10-15)25(28)29)22(27)31-11-17-12-32-23(4,5)33-17/h7-10,17-18,20H,6,11-12H2,1-5H3. The predicted molar refractivity (Wildman–Crippen MR) is 118 cm³/mol. The largest absolute Gasteiger partial charge is 0.465 e. The Morgan fingerprint density at radius 2 is 2.00 bits per heavy atom. The molecular weight excluding hydrogens is 432 g/mol. The van der Waals surface area contributed by atoms with E-state index in [1.165, 1.54) is 18.2 Å². The summed E-state index contributed by atoms with van der Waals surface area (Å²) >= 11 is 0. The Balaban J connectivity index is 1.98. The Morgan fingerprint density at radius 1 is 1.27 bits per heavy atom. The molecular formula is C23H28N2O8. The second-order valence-electron chi connectivity index (χ2n) is 8.36. The van der Waals surface area contributed by atoms with Crippen LogP contribution >= 0.6 is 0 Å². The van der Waals surface area contributed by atoms with Crippen molar-refractivity contribution in [1.29, 1.82) is 0 Å². The molecule has 1 saturated heterocycles. The van der Waals surface area contributed by atoms with Gasteiger partial charge in [0.25, 0.3) is 5.69 Å². The van der Waals surface area contributed by atoms with Gasteiger partial charge in [-0.1, -0.05) is 12.1 Å². The molecule has 3 atom stereocenters. The highest BCUT2D eigenvalue weighted by Crippen LogP contribution is 2.41. The number of rotatable bonds is 7. The fourth-order valence-electron chi connectivity index (χ4n) is 4.12. The number of allylic oxidation sites excluding steroid dienone is 1. The summed E-state index contributed by atoms with van der Waals surface area (Å²) in [4.78, 5) is 41.4. The molecule has 2 aliphatic heterocycles. The molecule has 1 fully saturated rings. The summed E-state index contributed by atoms with van der Waals surface area (Å²) < 4.78 is 21.9. The highest BCUT2D eigenvalue weighted by Gasteiger charge is 2.43. The number of nitro benzene ring substituents is 1. The Kier molecular flexibility index (Phi) is 7.28. The number of carbonyl (C=O) groups is 2. The molecule has 0 spiro atoms. The Hall–Kier alpha value is -3.11. The zero-order valence-electron chi connectivity index (χ0n) is 19.3. The molecule has 0 N–H and O–H groups in total. The van der Waals surface area contributed by atoms with Gasteiger partial charge in [0.15, 0.2) is 5.79 Å². The van der Waals surface area contributed by atoms with Crippen LogP contribution in [-0.2, 0) is 28.5 Å². The van der Waals surface area contributed by atoms with Crippen molar-refractivity contribution in [3.8, 4) is 0 Å². The SMILES string of the molecule is CCOC(=O)C1C(C)=NC(C)=C(C(=O)OCC2COC(C)(C)O2)C1c1cccc([N+](=O)[O-])c1. The van der Waals surface area contributed by atoms with Gasteiger partial charge in [-0.25, -0.2) is 4.79 Å². The van der Waals surface area contributed by atoms with E-state index in [9.17, 15) is 19.7 Å². The molecule has 3 unspecified atom stereocenters. The van der Waals surface area contributed by atoms with Crippen LogP contribution in [0.15, 0.2) is 40.5 Å². The average molecular weight is 460 g/mol. The van der Waals surface area contributed by atoms with Crippen LogP contribution in [0.25, 0.3) is 0 Å². The second kappa shape index (κ2) is 9.80. The van der Waals surface area contributed by atoms with Crippen LogP contribution in [-0.4, -0.2) is 54.3 Å². The number of hydrogen-bond acceptors (Lipinski definition) is 9. The van der Waals surface area contributed by atoms with Gasteiger partial charge in [0.2, 0.25) is 0 Å². The molecule has 2 heterocycles. The molecule has 1 aromatic carbocycles. The zero-order valence-corrected chi connectivity index (χ0v) is 19.3. The topological polar surface area (TPSA) is 127 Å². The van der Waals surface area contributed by atoms with Gasteiger partial charge in [-0.2, -0.15) is 0 Å². The zero-order chi connectivity index (χ0) is 24.3. The third-order valence-corrected chi connectivity index (χ3v) is 5.50. The molecule has 1 aromatic rings. The summed E-state index contributed by atoms with van der Waals surface area (Å²) in [6.07, 6.45) is -0.434. The van der Waals surface area contributed by atoms with Crippen molar-refractivity contribution in [1.82, 2.24) is 0 Å². The maximum Gasteiger partial charge on any atom is 0.336 e. The fourth-order valence-corrected chi connectivity index (χ4v) is 4.12. The van der Waals surface area contributed by atoms with Crippen molar-refractivity contribution >= 4 is 23.3 Å². The summed E-state index contributed by atoms with van der Waals surface area (Å²) in [6, 6.07) is 5.85. The van der Waals surface area contributed by atoms with Gasteiger partial charge >= 0.3 is 11.9 Å². The Morgan fingerprint density at radius 3 is 2.61 bits per heavy atom.